The van der Waals surface area contributed by atoms with Crippen molar-refractivity contribution in [3.8, 4) is 0 Å². The number of hydrogen-bond donors (Lipinski definition) is 2. The van der Waals surface area contributed by atoms with E-state index in [1.807, 2.05) is 30.3 Å². The first-order valence-corrected chi connectivity index (χ1v) is 7.30. The molecular weight excluding hydrogens is 337 g/mol. The van der Waals surface area contributed by atoms with Gasteiger partial charge >= 0.3 is 0 Å². The number of aliphatic hydroxyl groups excluding tert-OH is 1. The van der Waals surface area contributed by atoms with Gasteiger partial charge in [-0.05, 0) is 46.1 Å². The number of carbonyl (C=O) groups excluding carboxylic acids is 1. The Bertz CT molecular complexity index is 619. The number of nitrogens with one attached hydrogen (secondary N) is 1. The zero-order valence-corrected chi connectivity index (χ0v) is 12.8. The van der Waals surface area contributed by atoms with Gasteiger partial charge in [0.15, 0.2) is 0 Å². The SMILES string of the molecule is O=C(N[C@H](CO)Cc1ccccc1)c1ccc(Br)c(F)c1. The van der Waals surface area contributed by atoms with Crippen molar-refractivity contribution in [3.63, 3.8) is 0 Å². The summed E-state index contributed by atoms with van der Waals surface area (Å²) in [5.41, 5.74) is 1.24. The van der Waals surface area contributed by atoms with Crippen molar-refractivity contribution < 1.29 is 14.3 Å². The van der Waals surface area contributed by atoms with Crippen molar-refractivity contribution in [1.82, 2.24) is 5.32 Å². The topological polar surface area (TPSA) is 49.3 Å². The molecule has 1 atom stereocenters. The van der Waals surface area contributed by atoms with Gasteiger partial charge in [0.2, 0.25) is 0 Å². The van der Waals surface area contributed by atoms with Crippen molar-refractivity contribution >= 4 is 21.8 Å². The van der Waals surface area contributed by atoms with Gasteiger partial charge in [-0.15, -0.1) is 0 Å². The predicted molar refractivity (Wildman–Crippen MR) is 82.6 cm³/mol. The Kier molecular flexibility index (Phi) is 5.47. The monoisotopic (exact) mass is 351 g/mol. The molecule has 0 aliphatic carbocycles. The van der Waals surface area contributed by atoms with E-state index < -0.39 is 17.8 Å². The van der Waals surface area contributed by atoms with Crippen LogP contribution in [0.2, 0.25) is 0 Å². The third kappa shape index (κ3) is 4.37. The Morgan fingerprint density at radius 2 is 1.95 bits per heavy atom. The van der Waals surface area contributed by atoms with Crippen molar-refractivity contribution in [2.24, 2.45) is 0 Å². The molecule has 2 N–H and O–H groups in total. The van der Waals surface area contributed by atoms with E-state index in [2.05, 4.69) is 21.2 Å². The molecule has 2 rings (SSSR count). The molecule has 0 saturated heterocycles. The smallest absolute Gasteiger partial charge is 0.251 e. The Morgan fingerprint density at radius 1 is 1.24 bits per heavy atom. The van der Waals surface area contributed by atoms with Crippen molar-refractivity contribution in [1.29, 1.82) is 0 Å². The van der Waals surface area contributed by atoms with Gasteiger partial charge in [0.1, 0.15) is 5.82 Å². The maximum absolute atomic E-state index is 13.4. The van der Waals surface area contributed by atoms with E-state index in [-0.39, 0.29) is 12.2 Å². The fraction of sp³-hybridized carbons (Fsp3) is 0.188. The summed E-state index contributed by atoms with van der Waals surface area (Å²) < 4.78 is 13.7. The number of halogens is 2. The molecular formula is C16H15BrFNO2. The summed E-state index contributed by atoms with van der Waals surface area (Å²) >= 11 is 3.04. The lowest BCUT2D eigenvalue weighted by atomic mass is 10.1. The molecule has 0 unspecified atom stereocenters. The van der Waals surface area contributed by atoms with Crippen LogP contribution in [0.5, 0.6) is 0 Å². The molecule has 0 spiro atoms. The highest BCUT2D eigenvalue weighted by molar-refractivity contribution is 9.10. The fourth-order valence-electron chi connectivity index (χ4n) is 1.97. The van der Waals surface area contributed by atoms with E-state index in [1.165, 1.54) is 12.1 Å². The van der Waals surface area contributed by atoms with Gasteiger partial charge in [0, 0.05) is 5.56 Å². The van der Waals surface area contributed by atoms with Gasteiger partial charge < -0.3 is 10.4 Å². The second-order valence-electron chi connectivity index (χ2n) is 4.67. The van der Waals surface area contributed by atoms with Crippen LogP contribution in [0.3, 0.4) is 0 Å². The molecule has 0 saturated carbocycles. The van der Waals surface area contributed by atoms with E-state index in [9.17, 15) is 14.3 Å². The molecule has 0 bridgehead atoms. The third-order valence-electron chi connectivity index (χ3n) is 3.06. The number of benzene rings is 2. The minimum absolute atomic E-state index is 0.181. The Morgan fingerprint density at radius 3 is 2.57 bits per heavy atom. The average molecular weight is 352 g/mol. The third-order valence-corrected chi connectivity index (χ3v) is 3.71. The molecule has 0 aromatic heterocycles. The zero-order valence-electron chi connectivity index (χ0n) is 11.2. The standard InChI is InChI=1S/C16H15BrFNO2/c17-14-7-6-12(9-15(14)18)16(21)19-13(10-20)8-11-4-2-1-3-5-11/h1-7,9,13,20H,8,10H2,(H,19,21)/t13-/m0/s1. The normalized spacial score (nSPS) is 12.0. The van der Waals surface area contributed by atoms with Gasteiger partial charge in [-0.1, -0.05) is 30.3 Å². The highest BCUT2D eigenvalue weighted by Gasteiger charge is 2.14. The number of amides is 1. The van der Waals surface area contributed by atoms with Gasteiger partial charge in [0.25, 0.3) is 5.91 Å². The molecule has 1 amide bonds. The summed E-state index contributed by atoms with van der Waals surface area (Å²) in [5, 5.41) is 12.1. The summed E-state index contributed by atoms with van der Waals surface area (Å²) in [4.78, 5) is 12.1. The lowest BCUT2D eigenvalue weighted by molar-refractivity contribution is 0.0916. The van der Waals surface area contributed by atoms with Crippen molar-refractivity contribution in [3.05, 3.63) is 69.9 Å². The van der Waals surface area contributed by atoms with Crippen molar-refractivity contribution in [2.45, 2.75) is 12.5 Å². The predicted octanol–water partition coefficient (Wildman–Crippen LogP) is 2.92. The Balaban J connectivity index is 2.04. The lowest BCUT2D eigenvalue weighted by Gasteiger charge is -2.16. The number of rotatable bonds is 5. The zero-order chi connectivity index (χ0) is 15.2. The second kappa shape index (κ2) is 7.33. The molecule has 2 aromatic carbocycles. The quantitative estimate of drug-likeness (QED) is 0.869. The van der Waals surface area contributed by atoms with E-state index in [0.29, 0.717) is 10.9 Å². The Labute approximate surface area is 130 Å². The van der Waals surface area contributed by atoms with E-state index in [4.69, 9.17) is 0 Å². The van der Waals surface area contributed by atoms with Crippen LogP contribution in [-0.2, 0) is 6.42 Å². The van der Waals surface area contributed by atoms with Crippen LogP contribution in [0.4, 0.5) is 4.39 Å². The highest BCUT2D eigenvalue weighted by Crippen LogP contribution is 2.16. The summed E-state index contributed by atoms with van der Waals surface area (Å²) in [5.74, 6) is -0.900. The van der Waals surface area contributed by atoms with Gasteiger partial charge in [-0.2, -0.15) is 0 Å². The minimum atomic E-state index is -0.494. The number of aliphatic hydroxyl groups is 1. The Hall–Kier alpha value is -1.72. The molecule has 5 heteroatoms. The molecule has 0 aliphatic rings. The van der Waals surface area contributed by atoms with Crippen LogP contribution in [0.15, 0.2) is 53.0 Å². The van der Waals surface area contributed by atoms with Gasteiger partial charge in [0.05, 0.1) is 17.1 Å². The molecule has 3 nitrogen and oxygen atoms in total. The van der Waals surface area contributed by atoms with E-state index in [1.54, 1.807) is 0 Å². The van der Waals surface area contributed by atoms with Crippen LogP contribution in [0, 0.1) is 5.82 Å². The lowest BCUT2D eigenvalue weighted by Crippen LogP contribution is -2.39. The van der Waals surface area contributed by atoms with Crippen LogP contribution in [0.25, 0.3) is 0 Å². The summed E-state index contributed by atoms with van der Waals surface area (Å²) in [6.07, 6.45) is 0.516. The largest absolute Gasteiger partial charge is 0.394 e. The van der Waals surface area contributed by atoms with E-state index in [0.717, 1.165) is 11.6 Å². The summed E-state index contributed by atoms with van der Waals surface area (Å²) in [6.45, 7) is -0.181. The first-order valence-electron chi connectivity index (χ1n) is 6.51. The van der Waals surface area contributed by atoms with Gasteiger partial charge in [-0.25, -0.2) is 4.39 Å². The summed E-state index contributed by atoms with van der Waals surface area (Å²) in [6, 6.07) is 13.3. The van der Waals surface area contributed by atoms with Crippen LogP contribution >= 0.6 is 15.9 Å². The molecule has 0 heterocycles. The molecule has 0 fully saturated rings. The van der Waals surface area contributed by atoms with E-state index >= 15 is 0 Å². The number of hydrogen-bond acceptors (Lipinski definition) is 2. The second-order valence-corrected chi connectivity index (χ2v) is 5.53. The average Bonchev–Trinajstić information content (AvgIpc) is 2.50. The summed E-state index contributed by atoms with van der Waals surface area (Å²) in [7, 11) is 0. The first-order chi connectivity index (χ1) is 10.1. The minimum Gasteiger partial charge on any atom is -0.394 e. The molecule has 0 radical (unpaired) electrons. The first kappa shape index (κ1) is 15.7. The molecule has 21 heavy (non-hydrogen) atoms. The van der Waals surface area contributed by atoms with Crippen LogP contribution in [-0.4, -0.2) is 23.7 Å². The fourth-order valence-corrected chi connectivity index (χ4v) is 2.21. The van der Waals surface area contributed by atoms with Gasteiger partial charge in [-0.3, -0.25) is 4.79 Å². The highest BCUT2D eigenvalue weighted by atomic mass is 79.9. The van der Waals surface area contributed by atoms with Crippen LogP contribution in [0.1, 0.15) is 15.9 Å². The molecule has 110 valence electrons. The number of carbonyl (C=O) groups is 1. The maximum atomic E-state index is 13.4. The maximum Gasteiger partial charge on any atom is 0.251 e. The molecule has 2 aromatic rings. The molecule has 0 aliphatic heterocycles. The van der Waals surface area contributed by atoms with Crippen molar-refractivity contribution in [2.75, 3.05) is 6.61 Å². The van der Waals surface area contributed by atoms with Crippen LogP contribution < -0.4 is 5.32 Å².